The first kappa shape index (κ1) is 14.9. The highest BCUT2D eigenvalue weighted by Gasteiger charge is 2.24. The van der Waals surface area contributed by atoms with Crippen molar-refractivity contribution in [2.45, 2.75) is 52.7 Å². The average molecular weight is 232 g/mol. The Labute approximate surface area is 96.1 Å². The lowest BCUT2D eigenvalue weighted by Crippen LogP contribution is -2.32. The van der Waals surface area contributed by atoms with Gasteiger partial charge in [-0.15, -0.1) is 0 Å². The normalized spacial score (nSPS) is 13.1. The van der Waals surface area contributed by atoms with E-state index in [1.165, 1.54) is 13.8 Å². The Morgan fingerprint density at radius 2 is 1.75 bits per heavy atom. The molecule has 0 aromatic heterocycles. The summed E-state index contributed by atoms with van der Waals surface area (Å²) in [6.07, 6.45) is 0.377. The van der Waals surface area contributed by atoms with Gasteiger partial charge >= 0.3 is 11.9 Å². The molecule has 0 fully saturated rings. The third kappa shape index (κ3) is 8.23. The maximum Gasteiger partial charge on any atom is 0.304 e. The van der Waals surface area contributed by atoms with E-state index in [9.17, 15) is 9.59 Å². The summed E-state index contributed by atoms with van der Waals surface area (Å²) < 4.78 is 15.0. The minimum absolute atomic E-state index is 0.0767. The molecule has 0 aliphatic heterocycles. The topological polar surface area (TPSA) is 61.8 Å². The van der Waals surface area contributed by atoms with Crippen LogP contribution in [-0.4, -0.2) is 30.4 Å². The zero-order chi connectivity index (χ0) is 12.8. The van der Waals surface area contributed by atoms with E-state index in [4.69, 9.17) is 9.47 Å². The number of ether oxygens (including phenoxy) is 3. The van der Waals surface area contributed by atoms with Crippen molar-refractivity contribution >= 4 is 11.9 Å². The molecule has 0 aromatic rings. The van der Waals surface area contributed by atoms with Gasteiger partial charge in [0.25, 0.3) is 0 Å². The van der Waals surface area contributed by atoms with Gasteiger partial charge in [-0.05, 0) is 20.8 Å². The van der Waals surface area contributed by atoms with E-state index in [2.05, 4.69) is 4.74 Å². The molecule has 0 amide bonds. The first-order chi connectivity index (χ1) is 7.23. The maximum atomic E-state index is 10.8. The van der Waals surface area contributed by atoms with Crippen molar-refractivity contribution in [1.82, 2.24) is 0 Å². The van der Waals surface area contributed by atoms with Crippen LogP contribution in [0.1, 0.15) is 41.0 Å². The van der Waals surface area contributed by atoms with Gasteiger partial charge in [0.1, 0.15) is 5.60 Å². The molecule has 5 heteroatoms. The van der Waals surface area contributed by atoms with Crippen molar-refractivity contribution in [3.05, 3.63) is 0 Å². The van der Waals surface area contributed by atoms with Gasteiger partial charge in [-0.1, -0.05) is 0 Å². The molecule has 0 heterocycles. The van der Waals surface area contributed by atoms with Gasteiger partial charge in [-0.3, -0.25) is 9.59 Å². The maximum absolute atomic E-state index is 10.8. The first-order valence-corrected chi connectivity index (χ1v) is 5.17. The molecule has 1 unspecified atom stereocenters. The van der Waals surface area contributed by atoms with Crippen LogP contribution in [0.5, 0.6) is 0 Å². The summed E-state index contributed by atoms with van der Waals surface area (Å²) in [6.45, 7) is 8.05. The minimum atomic E-state index is -0.582. The molecule has 0 spiro atoms. The van der Waals surface area contributed by atoms with Gasteiger partial charge in [0, 0.05) is 20.3 Å². The predicted octanol–water partition coefficient (Wildman–Crippen LogP) is 1.64. The Morgan fingerprint density at radius 3 is 2.19 bits per heavy atom. The number of hydrogen-bond donors (Lipinski definition) is 0. The molecule has 5 nitrogen and oxygen atoms in total. The standard InChI is InChI=1S/C11H20O5/c1-8(14-7-15-9(2)12)6-11(4,5)16-10(3)13/h8H,6-7H2,1-5H3. The lowest BCUT2D eigenvalue weighted by Gasteiger charge is -2.27. The fraction of sp³-hybridized carbons (Fsp3) is 0.818. The van der Waals surface area contributed by atoms with Crippen LogP contribution in [0, 0.1) is 0 Å². The Hall–Kier alpha value is -1.10. The molecule has 0 aliphatic rings. The van der Waals surface area contributed by atoms with Gasteiger partial charge in [0.2, 0.25) is 0 Å². The molecule has 0 aromatic carbocycles. The van der Waals surface area contributed by atoms with Crippen molar-refractivity contribution in [3.63, 3.8) is 0 Å². The summed E-state index contributed by atoms with van der Waals surface area (Å²) in [6, 6.07) is 0. The zero-order valence-electron chi connectivity index (χ0n) is 10.5. The van der Waals surface area contributed by atoms with Crippen molar-refractivity contribution in [1.29, 1.82) is 0 Å². The van der Waals surface area contributed by atoms with E-state index in [-0.39, 0.29) is 24.8 Å². The van der Waals surface area contributed by atoms with Crippen LogP contribution in [0.3, 0.4) is 0 Å². The van der Waals surface area contributed by atoms with Gasteiger partial charge < -0.3 is 14.2 Å². The monoisotopic (exact) mass is 232 g/mol. The highest BCUT2D eigenvalue weighted by atomic mass is 16.7. The molecule has 0 bridgehead atoms. The molecule has 16 heavy (non-hydrogen) atoms. The van der Waals surface area contributed by atoms with E-state index < -0.39 is 5.60 Å². The second-order valence-electron chi connectivity index (χ2n) is 4.29. The molecule has 0 aliphatic carbocycles. The number of carbonyl (C=O) groups is 2. The number of carbonyl (C=O) groups excluding carboxylic acids is 2. The molecule has 0 radical (unpaired) electrons. The van der Waals surface area contributed by atoms with E-state index in [1.54, 1.807) is 13.8 Å². The minimum Gasteiger partial charge on any atom is -0.460 e. The number of esters is 2. The fourth-order valence-corrected chi connectivity index (χ4v) is 1.42. The Balaban J connectivity index is 3.88. The second-order valence-corrected chi connectivity index (χ2v) is 4.29. The summed E-state index contributed by atoms with van der Waals surface area (Å²) >= 11 is 0. The lowest BCUT2D eigenvalue weighted by molar-refractivity contribution is -0.164. The van der Waals surface area contributed by atoms with Gasteiger partial charge in [0.05, 0.1) is 6.10 Å². The summed E-state index contributed by atoms with van der Waals surface area (Å²) in [7, 11) is 0. The SMILES string of the molecule is CC(=O)OCOC(C)CC(C)(C)OC(C)=O. The van der Waals surface area contributed by atoms with E-state index in [0.29, 0.717) is 6.42 Å². The number of hydrogen-bond acceptors (Lipinski definition) is 5. The molecular formula is C11H20O5. The van der Waals surface area contributed by atoms with Crippen LogP contribution in [0.4, 0.5) is 0 Å². The summed E-state index contributed by atoms with van der Waals surface area (Å²) in [5.74, 6) is -0.705. The Kier molecular flexibility index (Phi) is 6.03. The average Bonchev–Trinajstić information content (AvgIpc) is 1.98. The third-order valence-corrected chi connectivity index (χ3v) is 1.81. The van der Waals surface area contributed by atoms with Crippen LogP contribution in [0.25, 0.3) is 0 Å². The zero-order valence-corrected chi connectivity index (χ0v) is 10.5. The fourth-order valence-electron chi connectivity index (χ4n) is 1.42. The molecule has 0 N–H and O–H groups in total. The summed E-state index contributed by atoms with van der Waals surface area (Å²) in [4.78, 5) is 21.3. The summed E-state index contributed by atoms with van der Waals surface area (Å²) in [5.41, 5.74) is -0.582. The molecule has 0 saturated heterocycles. The van der Waals surface area contributed by atoms with Crippen molar-refractivity contribution in [2.24, 2.45) is 0 Å². The molecule has 0 saturated carbocycles. The highest BCUT2D eigenvalue weighted by Crippen LogP contribution is 2.18. The van der Waals surface area contributed by atoms with Crippen molar-refractivity contribution in [2.75, 3.05) is 6.79 Å². The van der Waals surface area contributed by atoms with E-state index in [1.807, 2.05) is 6.92 Å². The van der Waals surface area contributed by atoms with Crippen LogP contribution in [-0.2, 0) is 23.8 Å². The van der Waals surface area contributed by atoms with Crippen LogP contribution < -0.4 is 0 Å². The molecular weight excluding hydrogens is 212 g/mol. The van der Waals surface area contributed by atoms with Gasteiger partial charge in [0.15, 0.2) is 6.79 Å². The van der Waals surface area contributed by atoms with Crippen LogP contribution in [0.15, 0.2) is 0 Å². The smallest absolute Gasteiger partial charge is 0.304 e. The lowest BCUT2D eigenvalue weighted by atomic mass is 10.0. The third-order valence-electron chi connectivity index (χ3n) is 1.81. The van der Waals surface area contributed by atoms with Gasteiger partial charge in [-0.25, -0.2) is 0 Å². The van der Waals surface area contributed by atoms with E-state index in [0.717, 1.165) is 0 Å². The number of rotatable bonds is 6. The van der Waals surface area contributed by atoms with Crippen LogP contribution in [0.2, 0.25) is 0 Å². The van der Waals surface area contributed by atoms with Crippen molar-refractivity contribution < 1.29 is 23.8 Å². The molecule has 0 rings (SSSR count). The second kappa shape index (κ2) is 6.48. The van der Waals surface area contributed by atoms with Crippen LogP contribution >= 0.6 is 0 Å². The van der Waals surface area contributed by atoms with E-state index >= 15 is 0 Å². The van der Waals surface area contributed by atoms with Crippen molar-refractivity contribution in [3.8, 4) is 0 Å². The largest absolute Gasteiger partial charge is 0.460 e. The quantitative estimate of drug-likeness (QED) is 0.514. The Morgan fingerprint density at radius 1 is 1.19 bits per heavy atom. The summed E-state index contributed by atoms with van der Waals surface area (Å²) in [5, 5.41) is 0. The molecule has 1 atom stereocenters. The van der Waals surface area contributed by atoms with Gasteiger partial charge in [-0.2, -0.15) is 0 Å². The first-order valence-electron chi connectivity index (χ1n) is 5.17. The Bertz CT molecular complexity index is 247. The molecule has 94 valence electrons. The predicted molar refractivity (Wildman–Crippen MR) is 57.6 cm³/mol. The highest BCUT2D eigenvalue weighted by molar-refractivity contribution is 5.66.